The van der Waals surface area contributed by atoms with Crippen LogP contribution < -0.4 is 17.1 Å². The molecule has 0 saturated heterocycles. The summed E-state index contributed by atoms with van der Waals surface area (Å²) in [5.41, 5.74) is -1.99. The maximum absolute atomic E-state index is 13.0. The lowest BCUT2D eigenvalue weighted by Crippen LogP contribution is -2.54. The van der Waals surface area contributed by atoms with E-state index in [2.05, 4.69) is 6.58 Å². The van der Waals surface area contributed by atoms with E-state index in [0.717, 1.165) is 13.7 Å². The normalized spacial score (nSPS) is 12.3. The van der Waals surface area contributed by atoms with Crippen LogP contribution in [-0.4, -0.2) is 74.0 Å². The van der Waals surface area contributed by atoms with Crippen LogP contribution in [0, 0.1) is 0 Å². The summed E-state index contributed by atoms with van der Waals surface area (Å²) in [7, 11) is 3.48. The van der Waals surface area contributed by atoms with Gasteiger partial charge in [0.25, 0.3) is 0 Å². The molecule has 0 N–H and O–H groups in total. The van der Waals surface area contributed by atoms with Crippen LogP contribution in [0.3, 0.4) is 0 Å². The van der Waals surface area contributed by atoms with Crippen LogP contribution in [0.15, 0.2) is 27.0 Å². The van der Waals surface area contributed by atoms with Gasteiger partial charge in [-0.25, -0.2) is 28.1 Å². The molecule has 0 fully saturated rings. The second-order valence-corrected chi connectivity index (χ2v) is 13.4. The standard InChI is InChI=1S/C19H37N3O9Si2/c1-8-12-20-17(23)21(13-9-10-15-32(26-2,27-3)28-4)19(25)22(18(20)24)14-11-16-33(29-5,30-6)31-7/h8H,1,9-16H2,2-7H3. The third kappa shape index (κ3) is 7.16. The molecule has 0 aliphatic carbocycles. The molecular formula is C19H37N3O9Si2. The van der Waals surface area contributed by atoms with Crippen LogP contribution in [0.2, 0.25) is 12.1 Å². The van der Waals surface area contributed by atoms with Crippen LogP contribution in [0.25, 0.3) is 0 Å². The second-order valence-electron chi connectivity index (χ2n) is 7.20. The zero-order chi connectivity index (χ0) is 25.1. The molecule has 0 aromatic carbocycles. The number of hydrogen-bond acceptors (Lipinski definition) is 9. The Labute approximate surface area is 196 Å². The summed E-state index contributed by atoms with van der Waals surface area (Å²) in [6, 6.07) is 0.935. The number of rotatable bonds is 17. The highest BCUT2D eigenvalue weighted by atomic mass is 28.4. The van der Waals surface area contributed by atoms with Gasteiger partial charge in [-0.2, -0.15) is 0 Å². The van der Waals surface area contributed by atoms with Crippen LogP contribution in [0.1, 0.15) is 19.3 Å². The average molecular weight is 508 g/mol. The lowest BCUT2D eigenvalue weighted by atomic mass is 10.3. The molecule has 0 spiro atoms. The minimum absolute atomic E-state index is 0.00209. The zero-order valence-electron chi connectivity index (χ0n) is 20.5. The fourth-order valence-electron chi connectivity index (χ4n) is 3.53. The third-order valence-corrected chi connectivity index (χ3v) is 11.2. The van der Waals surface area contributed by atoms with Gasteiger partial charge in [0.15, 0.2) is 0 Å². The molecule has 0 aliphatic rings. The van der Waals surface area contributed by atoms with E-state index in [1.165, 1.54) is 48.7 Å². The Hall–Kier alpha value is -1.66. The van der Waals surface area contributed by atoms with Crippen molar-refractivity contribution in [3.8, 4) is 0 Å². The Morgan fingerprint density at radius 2 is 1.00 bits per heavy atom. The Bertz CT molecular complexity index is 904. The molecule has 0 unspecified atom stereocenters. The summed E-state index contributed by atoms with van der Waals surface area (Å²) in [5, 5.41) is 0. The van der Waals surface area contributed by atoms with Gasteiger partial charge in [-0.15, -0.1) is 6.58 Å². The SMILES string of the molecule is C=CCn1c(=O)n(CCCC[Si](OC)(OC)OC)c(=O)n(CCC[Si](OC)(OC)OC)c1=O. The summed E-state index contributed by atoms with van der Waals surface area (Å²) in [6.07, 6.45) is 2.94. The van der Waals surface area contributed by atoms with E-state index in [1.807, 2.05) is 0 Å². The first-order chi connectivity index (χ1) is 15.7. The molecule has 0 bridgehead atoms. The van der Waals surface area contributed by atoms with Crippen molar-refractivity contribution in [2.24, 2.45) is 0 Å². The number of allylic oxidation sites excluding steroid dienone is 1. The lowest BCUT2D eigenvalue weighted by molar-refractivity contribution is 0.122. The maximum Gasteiger partial charge on any atom is 0.500 e. The first kappa shape index (κ1) is 29.4. The highest BCUT2D eigenvalue weighted by Crippen LogP contribution is 2.17. The monoisotopic (exact) mass is 507 g/mol. The van der Waals surface area contributed by atoms with Gasteiger partial charge in [-0.3, -0.25) is 0 Å². The van der Waals surface area contributed by atoms with E-state index < -0.39 is 34.7 Å². The molecule has 12 nitrogen and oxygen atoms in total. The fourth-order valence-corrected chi connectivity index (χ4v) is 7.03. The van der Waals surface area contributed by atoms with Gasteiger partial charge in [-0.1, -0.05) is 6.08 Å². The van der Waals surface area contributed by atoms with Crippen molar-refractivity contribution >= 4 is 17.6 Å². The minimum atomic E-state index is -2.85. The van der Waals surface area contributed by atoms with Crippen molar-refractivity contribution in [3.05, 3.63) is 44.1 Å². The van der Waals surface area contributed by atoms with Crippen LogP contribution in [0.5, 0.6) is 0 Å². The van der Waals surface area contributed by atoms with Crippen molar-refractivity contribution in [2.75, 3.05) is 42.7 Å². The van der Waals surface area contributed by atoms with Crippen LogP contribution in [-0.2, 0) is 46.2 Å². The van der Waals surface area contributed by atoms with E-state index in [4.69, 9.17) is 26.6 Å². The Kier molecular flexibility index (Phi) is 12.4. The molecule has 0 aliphatic heterocycles. The molecule has 14 heteroatoms. The first-order valence-corrected chi connectivity index (χ1v) is 14.5. The quantitative estimate of drug-likeness (QED) is 0.166. The average Bonchev–Trinajstić information content (AvgIpc) is 2.84. The van der Waals surface area contributed by atoms with Crippen molar-refractivity contribution in [1.29, 1.82) is 0 Å². The van der Waals surface area contributed by atoms with Crippen molar-refractivity contribution in [1.82, 2.24) is 13.7 Å². The summed E-state index contributed by atoms with van der Waals surface area (Å²) in [4.78, 5) is 38.7. The van der Waals surface area contributed by atoms with Crippen molar-refractivity contribution in [3.63, 3.8) is 0 Å². The molecule has 1 aromatic heterocycles. The second kappa shape index (κ2) is 13.9. The molecular weight excluding hydrogens is 470 g/mol. The van der Waals surface area contributed by atoms with E-state index in [1.54, 1.807) is 0 Å². The number of unbranched alkanes of at least 4 members (excludes halogenated alkanes) is 1. The summed E-state index contributed by atoms with van der Waals surface area (Å²) in [5.74, 6) is 0. The van der Waals surface area contributed by atoms with Gasteiger partial charge in [0.1, 0.15) is 0 Å². The fraction of sp³-hybridized carbons (Fsp3) is 0.737. The smallest absolute Gasteiger partial charge is 0.377 e. The number of aromatic nitrogens is 3. The molecule has 0 atom stereocenters. The maximum atomic E-state index is 13.0. The molecule has 1 aromatic rings. The molecule has 0 saturated carbocycles. The van der Waals surface area contributed by atoms with Crippen molar-refractivity contribution < 1.29 is 26.6 Å². The largest absolute Gasteiger partial charge is 0.500 e. The van der Waals surface area contributed by atoms with Crippen LogP contribution in [0.4, 0.5) is 0 Å². The summed E-state index contributed by atoms with van der Waals surface area (Å²) < 4.78 is 35.5. The molecule has 0 radical (unpaired) electrons. The van der Waals surface area contributed by atoms with Crippen LogP contribution >= 0.6 is 0 Å². The predicted octanol–water partition coefficient (Wildman–Crippen LogP) is 0.284. The van der Waals surface area contributed by atoms with Crippen molar-refractivity contribution in [2.45, 2.75) is 51.0 Å². The minimum Gasteiger partial charge on any atom is -0.377 e. The van der Waals surface area contributed by atoms with Gasteiger partial charge in [-0.05, 0) is 19.3 Å². The lowest BCUT2D eigenvalue weighted by Gasteiger charge is -2.24. The molecule has 0 amide bonds. The van der Waals surface area contributed by atoms with E-state index >= 15 is 0 Å². The number of nitrogens with zero attached hydrogens (tertiary/aromatic N) is 3. The predicted molar refractivity (Wildman–Crippen MR) is 126 cm³/mol. The number of hydrogen-bond donors (Lipinski definition) is 0. The molecule has 1 heterocycles. The zero-order valence-corrected chi connectivity index (χ0v) is 22.5. The topological polar surface area (TPSA) is 121 Å². The highest BCUT2D eigenvalue weighted by Gasteiger charge is 2.37. The highest BCUT2D eigenvalue weighted by molar-refractivity contribution is 6.60. The van der Waals surface area contributed by atoms with Gasteiger partial charge in [0, 0.05) is 67.8 Å². The Morgan fingerprint density at radius 3 is 1.39 bits per heavy atom. The van der Waals surface area contributed by atoms with Gasteiger partial charge in [0.05, 0.1) is 6.54 Å². The van der Waals surface area contributed by atoms with E-state index in [0.29, 0.717) is 31.4 Å². The summed E-state index contributed by atoms with van der Waals surface area (Å²) in [6.45, 7) is 3.83. The van der Waals surface area contributed by atoms with E-state index in [-0.39, 0.29) is 19.6 Å². The molecule has 1 rings (SSSR count). The van der Waals surface area contributed by atoms with Gasteiger partial charge >= 0.3 is 34.7 Å². The van der Waals surface area contributed by atoms with Gasteiger partial charge < -0.3 is 26.6 Å². The third-order valence-electron chi connectivity index (χ3n) is 5.54. The first-order valence-electron chi connectivity index (χ1n) is 10.6. The van der Waals surface area contributed by atoms with E-state index in [9.17, 15) is 14.4 Å². The van der Waals surface area contributed by atoms with Gasteiger partial charge in [0.2, 0.25) is 0 Å². The Morgan fingerprint density at radius 1 is 0.636 bits per heavy atom. The molecule has 190 valence electrons. The summed E-state index contributed by atoms with van der Waals surface area (Å²) >= 11 is 0. The Balaban J connectivity index is 3.13. The molecule has 33 heavy (non-hydrogen) atoms.